The van der Waals surface area contributed by atoms with Gasteiger partial charge < -0.3 is 20.3 Å². The monoisotopic (exact) mass is 512 g/mol. The predicted octanol–water partition coefficient (Wildman–Crippen LogP) is 4.70. The van der Waals surface area contributed by atoms with Crippen molar-refractivity contribution in [2.45, 2.75) is 74.8 Å². The van der Waals surface area contributed by atoms with Gasteiger partial charge in [-0.3, -0.25) is 4.90 Å². The number of likely N-dealkylation sites (tertiary alicyclic amines) is 1. The average Bonchev–Trinajstić information content (AvgIpc) is 2.90. The van der Waals surface area contributed by atoms with E-state index in [1.807, 2.05) is 67.6 Å². The van der Waals surface area contributed by atoms with Crippen LogP contribution in [0.4, 0.5) is 4.79 Å². The molecular weight excluding hydrogens is 472 g/mol. The van der Waals surface area contributed by atoms with Crippen LogP contribution in [0.15, 0.2) is 65.6 Å². The fourth-order valence-electron chi connectivity index (χ4n) is 5.68. The quantitative estimate of drug-likeness (QED) is 0.401. The maximum atomic E-state index is 12.7. The van der Waals surface area contributed by atoms with Crippen molar-refractivity contribution in [3.8, 4) is 0 Å². The van der Waals surface area contributed by atoms with Crippen LogP contribution in [0.1, 0.15) is 44.6 Å². The molecule has 0 aromatic heterocycles. The van der Waals surface area contributed by atoms with Gasteiger partial charge in [0.25, 0.3) is 0 Å². The van der Waals surface area contributed by atoms with E-state index < -0.39 is 24.3 Å². The topological polar surface area (TPSA) is 82.0 Å². The molecule has 196 valence electrons. The number of hydrogen-bond acceptors (Lipinski definition) is 6. The molecule has 1 saturated carbocycles. The summed E-state index contributed by atoms with van der Waals surface area (Å²) in [6.07, 6.45) is 4.22. The minimum absolute atomic E-state index is 0.0338. The molecule has 1 saturated heterocycles. The number of alkyl carbamates (subject to hydrolysis) is 1. The normalized spacial score (nSPS) is 24.8. The zero-order chi connectivity index (χ0) is 25.3. The third-order valence-electron chi connectivity index (χ3n) is 7.68. The summed E-state index contributed by atoms with van der Waals surface area (Å²) in [5, 5.41) is 24.8. The molecular formula is C29H40N2O4S. The number of ether oxygens (including phenoxy) is 1. The van der Waals surface area contributed by atoms with E-state index in [1.54, 1.807) is 11.8 Å². The van der Waals surface area contributed by atoms with Crippen molar-refractivity contribution in [3.05, 3.63) is 66.2 Å². The molecule has 0 bridgehead atoms. The van der Waals surface area contributed by atoms with Crippen molar-refractivity contribution >= 4 is 17.9 Å². The molecule has 7 heteroatoms. The Morgan fingerprint density at radius 1 is 1.06 bits per heavy atom. The molecule has 6 atom stereocenters. The number of nitrogens with one attached hydrogen (secondary N) is 1. The van der Waals surface area contributed by atoms with Crippen molar-refractivity contribution < 1.29 is 19.7 Å². The Kier molecular flexibility index (Phi) is 10.1. The number of benzene rings is 2. The van der Waals surface area contributed by atoms with Crippen LogP contribution < -0.4 is 5.32 Å². The summed E-state index contributed by atoms with van der Waals surface area (Å²) in [5.41, 5.74) is 0.915. The van der Waals surface area contributed by atoms with Gasteiger partial charge in [-0.25, -0.2) is 4.79 Å². The maximum absolute atomic E-state index is 12.7. The van der Waals surface area contributed by atoms with Crippen LogP contribution in [0, 0.1) is 11.8 Å². The summed E-state index contributed by atoms with van der Waals surface area (Å²) in [5.74, 6) is 1.81. The van der Waals surface area contributed by atoms with Crippen molar-refractivity contribution in [2.75, 3.05) is 18.8 Å². The smallest absolute Gasteiger partial charge is 0.407 e. The van der Waals surface area contributed by atoms with Gasteiger partial charge in [0.1, 0.15) is 6.61 Å². The highest BCUT2D eigenvalue weighted by atomic mass is 32.2. The second kappa shape index (κ2) is 13.5. The molecule has 1 aliphatic carbocycles. The second-order valence-corrected chi connectivity index (χ2v) is 11.4. The number of thioether (sulfide) groups is 1. The summed E-state index contributed by atoms with van der Waals surface area (Å²) in [4.78, 5) is 16.0. The van der Waals surface area contributed by atoms with Crippen molar-refractivity contribution in [1.29, 1.82) is 0 Å². The Balaban J connectivity index is 1.40. The van der Waals surface area contributed by atoms with Gasteiger partial charge in [0.05, 0.1) is 18.2 Å². The zero-order valence-electron chi connectivity index (χ0n) is 21.2. The first kappa shape index (κ1) is 27.0. The maximum Gasteiger partial charge on any atom is 0.407 e. The second-order valence-electron chi connectivity index (χ2n) is 10.3. The number of fused-ring (bicyclic) bond motifs is 1. The van der Waals surface area contributed by atoms with Gasteiger partial charge in [0, 0.05) is 29.8 Å². The van der Waals surface area contributed by atoms with Crippen LogP contribution in [0.3, 0.4) is 0 Å². The Morgan fingerprint density at radius 2 is 1.72 bits per heavy atom. The van der Waals surface area contributed by atoms with Crippen LogP contribution in [0.5, 0.6) is 0 Å². The first-order valence-electron chi connectivity index (χ1n) is 13.2. The SMILES string of the molecule is C[C@H](O)[C@@H]1C[C@@H]2CCCC[C@@H]2CN1C[C@@H](O)[C@H](CSc1ccccc1)NC(=O)OCc1ccccc1. The fourth-order valence-corrected chi connectivity index (χ4v) is 6.71. The highest BCUT2D eigenvalue weighted by molar-refractivity contribution is 7.99. The standard InChI is InChI=1S/C29H40N2O4S/c1-21(32)27-16-23-12-8-9-13-24(23)17-31(27)18-28(33)26(20-36-25-14-6-3-7-15-25)30-29(34)35-19-22-10-4-2-5-11-22/h2-7,10-11,14-15,21,23-24,26-28,32-33H,8-9,12-13,16-20H2,1H3,(H,30,34)/t21-,23-,24+,26-,27-,28+/m0/s1. The molecule has 0 spiro atoms. The fraction of sp³-hybridized carbons (Fsp3) is 0.552. The van der Waals surface area contributed by atoms with E-state index >= 15 is 0 Å². The third-order valence-corrected chi connectivity index (χ3v) is 8.81. The Morgan fingerprint density at radius 3 is 2.42 bits per heavy atom. The number of carbonyl (C=O) groups is 1. The minimum atomic E-state index is -0.785. The summed E-state index contributed by atoms with van der Waals surface area (Å²) < 4.78 is 5.46. The van der Waals surface area contributed by atoms with E-state index in [2.05, 4.69) is 10.2 Å². The first-order valence-corrected chi connectivity index (χ1v) is 14.2. The molecule has 6 nitrogen and oxygen atoms in total. The molecule has 2 aliphatic rings. The lowest BCUT2D eigenvalue weighted by Crippen LogP contribution is -2.57. The lowest BCUT2D eigenvalue weighted by molar-refractivity contribution is -0.0421. The Hall–Kier alpha value is -2.06. The zero-order valence-corrected chi connectivity index (χ0v) is 22.0. The molecule has 1 aliphatic heterocycles. The number of hydrogen-bond donors (Lipinski definition) is 3. The predicted molar refractivity (Wildman–Crippen MR) is 144 cm³/mol. The van der Waals surface area contributed by atoms with E-state index in [9.17, 15) is 15.0 Å². The number of β-amino-alcohol motifs (C(OH)–C–C–N with tert-alkyl or cyclic N) is 1. The minimum Gasteiger partial charge on any atom is -0.445 e. The summed E-state index contributed by atoms with van der Waals surface area (Å²) in [6.45, 7) is 3.35. The number of carbonyl (C=O) groups excluding carboxylic acids is 1. The molecule has 36 heavy (non-hydrogen) atoms. The molecule has 2 fully saturated rings. The number of aliphatic hydroxyl groups excluding tert-OH is 2. The summed E-state index contributed by atoms with van der Waals surface area (Å²) in [6, 6.07) is 19.1. The van der Waals surface area contributed by atoms with E-state index in [-0.39, 0.29) is 12.6 Å². The van der Waals surface area contributed by atoms with Crippen LogP contribution in [0.2, 0.25) is 0 Å². The number of nitrogens with zero attached hydrogens (tertiary/aromatic N) is 1. The number of rotatable bonds is 10. The van der Waals surface area contributed by atoms with Gasteiger partial charge in [0.2, 0.25) is 0 Å². The first-order chi connectivity index (χ1) is 17.5. The average molecular weight is 513 g/mol. The largest absolute Gasteiger partial charge is 0.445 e. The molecule has 2 aromatic rings. The lowest BCUT2D eigenvalue weighted by Gasteiger charge is -2.48. The Labute approximate surface area is 219 Å². The van der Waals surface area contributed by atoms with Gasteiger partial charge >= 0.3 is 6.09 Å². The number of piperidine rings is 1. The molecule has 2 aromatic carbocycles. The van der Waals surface area contributed by atoms with E-state index in [0.717, 1.165) is 23.4 Å². The summed E-state index contributed by atoms with van der Waals surface area (Å²) >= 11 is 1.60. The number of aliphatic hydroxyl groups is 2. The van der Waals surface area contributed by atoms with E-state index in [4.69, 9.17) is 4.74 Å². The van der Waals surface area contributed by atoms with Gasteiger partial charge in [-0.15, -0.1) is 11.8 Å². The van der Waals surface area contributed by atoms with Gasteiger partial charge in [-0.1, -0.05) is 67.8 Å². The molecule has 1 amide bonds. The van der Waals surface area contributed by atoms with Crippen molar-refractivity contribution in [3.63, 3.8) is 0 Å². The van der Waals surface area contributed by atoms with Crippen molar-refractivity contribution in [2.24, 2.45) is 11.8 Å². The van der Waals surface area contributed by atoms with Gasteiger partial charge in [-0.2, -0.15) is 0 Å². The van der Waals surface area contributed by atoms with Crippen molar-refractivity contribution in [1.82, 2.24) is 10.2 Å². The highest BCUT2D eigenvalue weighted by Crippen LogP contribution is 2.39. The third kappa shape index (κ3) is 7.72. The highest BCUT2D eigenvalue weighted by Gasteiger charge is 2.39. The molecule has 4 rings (SSSR count). The molecule has 0 unspecified atom stereocenters. The van der Waals surface area contributed by atoms with Crippen LogP contribution >= 0.6 is 11.8 Å². The summed E-state index contributed by atoms with van der Waals surface area (Å²) in [7, 11) is 0. The molecule has 1 heterocycles. The van der Waals surface area contributed by atoms with Gasteiger partial charge in [-0.05, 0) is 49.3 Å². The molecule has 3 N–H and O–H groups in total. The Bertz CT molecular complexity index is 929. The van der Waals surface area contributed by atoms with E-state index in [1.165, 1.54) is 25.7 Å². The van der Waals surface area contributed by atoms with E-state index in [0.29, 0.717) is 24.1 Å². The van der Waals surface area contributed by atoms with Crippen LogP contribution in [-0.4, -0.2) is 64.3 Å². The molecule has 0 radical (unpaired) electrons. The van der Waals surface area contributed by atoms with Gasteiger partial charge in [0.15, 0.2) is 0 Å². The number of amides is 1. The van der Waals surface area contributed by atoms with Crippen LogP contribution in [0.25, 0.3) is 0 Å². The lowest BCUT2D eigenvalue weighted by atomic mass is 9.72. The van der Waals surface area contributed by atoms with Crippen LogP contribution in [-0.2, 0) is 11.3 Å².